The lowest BCUT2D eigenvalue weighted by molar-refractivity contribution is -0.118. The minimum Gasteiger partial charge on any atom is -0.389 e. The first-order valence-electron chi connectivity index (χ1n) is 4.58. The lowest BCUT2D eigenvalue weighted by atomic mass is 10.1. The minimum atomic E-state index is -0.715. The van der Waals surface area contributed by atoms with Crippen molar-refractivity contribution < 1.29 is 9.90 Å². The quantitative estimate of drug-likeness (QED) is 0.614. The van der Waals surface area contributed by atoms with Gasteiger partial charge in [-0.15, -0.1) is 0 Å². The Morgan fingerprint density at radius 1 is 1.54 bits per heavy atom. The minimum absolute atomic E-state index is 0.297. The van der Waals surface area contributed by atoms with Crippen molar-refractivity contribution in [2.45, 2.75) is 32.8 Å². The number of aliphatic hydroxyl groups is 1. The van der Waals surface area contributed by atoms with Crippen molar-refractivity contribution in [2.24, 2.45) is 5.73 Å². The maximum Gasteiger partial charge on any atom is 0.218 e. The molecule has 4 nitrogen and oxygen atoms in total. The van der Waals surface area contributed by atoms with E-state index in [9.17, 15) is 9.90 Å². The Kier molecular flexibility index (Phi) is 4.95. The Morgan fingerprint density at radius 2 is 2.08 bits per heavy atom. The highest BCUT2D eigenvalue weighted by Crippen LogP contribution is 2.04. The highest BCUT2D eigenvalue weighted by atomic mass is 16.3. The number of amides is 1. The van der Waals surface area contributed by atoms with Gasteiger partial charge in [0, 0.05) is 19.5 Å². The summed E-state index contributed by atoms with van der Waals surface area (Å²) in [4.78, 5) is 12.5. The molecule has 0 aliphatic heterocycles. The summed E-state index contributed by atoms with van der Waals surface area (Å²) in [5.74, 6) is -0.297. The van der Waals surface area contributed by atoms with Crippen LogP contribution in [0.1, 0.15) is 27.2 Å². The predicted octanol–water partition coefficient (Wildman–Crippen LogP) is -0.0454. The molecule has 3 N–H and O–H groups in total. The van der Waals surface area contributed by atoms with Gasteiger partial charge in [0.1, 0.15) is 0 Å². The summed E-state index contributed by atoms with van der Waals surface area (Å²) in [5.41, 5.74) is 4.32. The molecule has 0 aromatic heterocycles. The van der Waals surface area contributed by atoms with E-state index in [1.54, 1.807) is 13.8 Å². The van der Waals surface area contributed by atoms with E-state index in [4.69, 9.17) is 5.73 Å². The maximum absolute atomic E-state index is 10.5. The van der Waals surface area contributed by atoms with Gasteiger partial charge in [0.05, 0.1) is 5.60 Å². The molecule has 13 heavy (non-hydrogen) atoms. The Bertz CT molecular complexity index is 163. The van der Waals surface area contributed by atoms with Crippen LogP contribution < -0.4 is 5.73 Å². The number of primary amides is 1. The SMILES string of the molecule is CCN(CCC(N)=O)CC(C)(C)O. The first kappa shape index (κ1) is 12.4. The van der Waals surface area contributed by atoms with E-state index in [1.807, 2.05) is 11.8 Å². The van der Waals surface area contributed by atoms with Crippen LogP contribution in [0.15, 0.2) is 0 Å². The second-order valence-corrected chi connectivity index (χ2v) is 3.90. The molecule has 78 valence electrons. The number of hydrogen-bond acceptors (Lipinski definition) is 3. The molecule has 0 atom stereocenters. The predicted molar refractivity (Wildman–Crippen MR) is 52.2 cm³/mol. The standard InChI is InChI=1S/C9H20N2O2/c1-4-11(6-5-8(10)12)7-9(2,3)13/h13H,4-7H2,1-3H3,(H2,10,12). The lowest BCUT2D eigenvalue weighted by Crippen LogP contribution is -2.39. The molecule has 4 heteroatoms. The van der Waals surface area contributed by atoms with E-state index in [-0.39, 0.29) is 5.91 Å². The van der Waals surface area contributed by atoms with Crippen molar-refractivity contribution in [3.05, 3.63) is 0 Å². The summed E-state index contributed by atoms with van der Waals surface area (Å²) in [6, 6.07) is 0. The van der Waals surface area contributed by atoms with Gasteiger partial charge in [0.25, 0.3) is 0 Å². The summed E-state index contributed by atoms with van der Waals surface area (Å²) in [6.07, 6.45) is 0.351. The van der Waals surface area contributed by atoms with Gasteiger partial charge >= 0.3 is 0 Å². The third kappa shape index (κ3) is 7.74. The molecule has 0 aliphatic carbocycles. The van der Waals surface area contributed by atoms with E-state index in [1.165, 1.54) is 0 Å². The number of nitrogens with two attached hydrogens (primary N) is 1. The Balaban J connectivity index is 3.83. The molecule has 0 bridgehead atoms. The lowest BCUT2D eigenvalue weighted by Gasteiger charge is -2.27. The average Bonchev–Trinajstić information content (AvgIpc) is 1.95. The monoisotopic (exact) mass is 188 g/mol. The number of nitrogens with zero attached hydrogens (tertiary/aromatic N) is 1. The molecular formula is C9H20N2O2. The van der Waals surface area contributed by atoms with Gasteiger partial charge in [0.15, 0.2) is 0 Å². The highest BCUT2D eigenvalue weighted by Gasteiger charge is 2.16. The van der Waals surface area contributed by atoms with E-state index < -0.39 is 5.60 Å². The maximum atomic E-state index is 10.5. The largest absolute Gasteiger partial charge is 0.389 e. The summed E-state index contributed by atoms with van der Waals surface area (Å²) in [7, 11) is 0. The van der Waals surface area contributed by atoms with Crippen molar-refractivity contribution in [3.8, 4) is 0 Å². The van der Waals surface area contributed by atoms with Crippen LogP contribution in [0, 0.1) is 0 Å². The van der Waals surface area contributed by atoms with Gasteiger partial charge in [-0.25, -0.2) is 0 Å². The van der Waals surface area contributed by atoms with Crippen LogP contribution in [0.2, 0.25) is 0 Å². The van der Waals surface area contributed by atoms with E-state index >= 15 is 0 Å². The second-order valence-electron chi connectivity index (χ2n) is 3.90. The smallest absolute Gasteiger partial charge is 0.218 e. The zero-order valence-electron chi connectivity index (χ0n) is 8.71. The summed E-state index contributed by atoms with van der Waals surface area (Å²) in [6.45, 7) is 7.50. The molecular weight excluding hydrogens is 168 g/mol. The number of carbonyl (C=O) groups excluding carboxylic acids is 1. The molecule has 0 fully saturated rings. The van der Waals surface area contributed by atoms with Gasteiger partial charge in [-0.1, -0.05) is 6.92 Å². The number of rotatable bonds is 6. The average molecular weight is 188 g/mol. The van der Waals surface area contributed by atoms with Gasteiger partial charge < -0.3 is 15.7 Å². The Hall–Kier alpha value is -0.610. The zero-order valence-corrected chi connectivity index (χ0v) is 8.71. The molecule has 0 heterocycles. The first-order chi connectivity index (χ1) is 5.85. The normalized spacial score (nSPS) is 12.1. The molecule has 0 unspecified atom stereocenters. The van der Waals surface area contributed by atoms with Crippen LogP contribution in [-0.4, -0.2) is 41.1 Å². The summed E-state index contributed by atoms with van der Waals surface area (Å²) >= 11 is 0. The van der Waals surface area contributed by atoms with Crippen LogP contribution in [0.5, 0.6) is 0 Å². The van der Waals surface area contributed by atoms with Gasteiger partial charge in [-0.05, 0) is 20.4 Å². The molecule has 0 spiro atoms. The fraction of sp³-hybridized carbons (Fsp3) is 0.889. The van der Waals surface area contributed by atoms with Crippen LogP contribution in [0.3, 0.4) is 0 Å². The van der Waals surface area contributed by atoms with Crippen molar-refractivity contribution in [3.63, 3.8) is 0 Å². The Morgan fingerprint density at radius 3 is 2.38 bits per heavy atom. The third-order valence-electron chi connectivity index (χ3n) is 1.73. The van der Waals surface area contributed by atoms with Crippen molar-refractivity contribution in [2.75, 3.05) is 19.6 Å². The third-order valence-corrected chi connectivity index (χ3v) is 1.73. The first-order valence-corrected chi connectivity index (χ1v) is 4.58. The van der Waals surface area contributed by atoms with Crippen LogP contribution in [-0.2, 0) is 4.79 Å². The molecule has 1 amide bonds. The van der Waals surface area contributed by atoms with E-state index in [0.717, 1.165) is 6.54 Å². The van der Waals surface area contributed by atoms with E-state index in [0.29, 0.717) is 19.5 Å². The molecule has 0 aromatic carbocycles. The summed E-state index contributed by atoms with van der Waals surface area (Å²) in [5, 5.41) is 9.53. The summed E-state index contributed by atoms with van der Waals surface area (Å²) < 4.78 is 0. The molecule has 0 saturated heterocycles. The highest BCUT2D eigenvalue weighted by molar-refractivity contribution is 5.73. The fourth-order valence-corrected chi connectivity index (χ4v) is 1.16. The molecule has 0 saturated carbocycles. The van der Waals surface area contributed by atoms with Gasteiger partial charge in [-0.2, -0.15) is 0 Å². The van der Waals surface area contributed by atoms with Gasteiger partial charge in [0.2, 0.25) is 5.91 Å². The molecule has 0 rings (SSSR count). The second kappa shape index (κ2) is 5.19. The van der Waals surface area contributed by atoms with Crippen molar-refractivity contribution >= 4 is 5.91 Å². The number of hydrogen-bond donors (Lipinski definition) is 2. The van der Waals surface area contributed by atoms with Crippen molar-refractivity contribution in [1.29, 1.82) is 0 Å². The number of likely N-dealkylation sites (N-methyl/N-ethyl adjacent to an activating group) is 1. The topological polar surface area (TPSA) is 66.6 Å². The van der Waals surface area contributed by atoms with Gasteiger partial charge in [-0.3, -0.25) is 4.79 Å². The van der Waals surface area contributed by atoms with Crippen LogP contribution >= 0.6 is 0 Å². The zero-order chi connectivity index (χ0) is 10.5. The van der Waals surface area contributed by atoms with E-state index in [2.05, 4.69) is 0 Å². The number of carbonyl (C=O) groups is 1. The van der Waals surface area contributed by atoms with Crippen LogP contribution in [0.25, 0.3) is 0 Å². The van der Waals surface area contributed by atoms with Crippen LogP contribution in [0.4, 0.5) is 0 Å². The Labute approximate surface area is 79.7 Å². The molecule has 0 aromatic rings. The van der Waals surface area contributed by atoms with Crippen molar-refractivity contribution in [1.82, 2.24) is 4.90 Å². The molecule has 0 aliphatic rings. The fourth-order valence-electron chi connectivity index (χ4n) is 1.16. The molecule has 0 radical (unpaired) electrons.